The van der Waals surface area contributed by atoms with E-state index in [1.54, 1.807) is 82.7 Å². The molecule has 6 N–H and O–H groups in total. The van der Waals surface area contributed by atoms with Crippen molar-refractivity contribution in [2.24, 2.45) is 28.2 Å². The summed E-state index contributed by atoms with van der Waals surface area (Å²) in [4.78, 5) is 85.0. The molecule has 0 fully saturated rings. The van der Waals surface area contributed by atoms with Gasteiger partial charge in [-0.2, -0.15) is 0 Å². The molecule has 23 nitrogen and oxygen atoms in total. The van der Waals surface area contributed by atoms with Crippen LogP contribution in [0.1, 0.15) is 97.9 Å². The third kappa shape index (κ3) is 15.8. The fourth-order valence-corrected chi connectivity index (χ4v) is 4.24. The summed E-state index contributed by atoms with van der Waals surface area (Å²) in [6.07, 6.45) is 4.56. The summed E-state index contributed by atoms with van der Waals surface area (Å²) in [5.41, 5.74) is 4.10. The number of carboxylic acids is 1. The number of hydrogen-bond donors (Lipinski definition) is 5. The minimum absolute atomic E-state index is 0. The van der Waals surface area contributed by atoms with E-state index in [-0.39, 0.29) is 59.8 Å². The Balaban J connectivity index is 0.000000476. The zero-order valence-corrected chi connectivity index (χ0v) is 35.1. The molecule has 0 aliphatic rings. The highest BCUT2D eigenvalue weighted by molar-refractivity contribution is 6.02. The highest BCUT2D eigenvalue weighted by Crippen LogP contribution is 2.15. The van der Waals surface area contributed by atoms with Crippen molar-refractivity contribution < 1.29 is 52.8 Å². The van der Waals surface area contributed by atoms with Gasteiger partial charge in [0.05, 0.1) is 13.2 Å². The van der Waals surface area contributed by atoms with E-state index in [1.807, 2.05) is 0 Å². The molecule has 320 valence electrons. The first-order chi connectivity index (χ1) is 26.3. The average Bonchev–Trinajstić information content (AvgIpc) is 3.81. The zero-order chi connectivity index (χ0) is 43.4. The van der Waals surface area contributed by atoms with Crippen molar-refractivity contribution in [3.8, 4) is 0 Å². The molecule has 0 saturated heterocycles. The normalized spacial score (nSPS) is 10.6. The molecule has 0 bridgehead atoms. The van der Waals surface area contributed by atoms with Crippen LogP contribution in [0.25, 0.3) is 0 Å². The molecule has 0 unspecified atom stereocenters. The second-order valence-corrected chi connectivity index (χ2v) is 13.7. The van der Waals surface area contributed by atoms with E-state index in [1.165, 1.54) is 43.9 Å². The van der Waals surface area contributed by atoms with E-state index < -0.39 is 47.2 Å². The number of aromatic nitrogens is 8. The largest absolute Gasteiger partial charge is 0.475 e. The number of nitrogen functional groups attached to an aromatic ring is 1. The number of esters is 2. The fraction of sp³-hybridized carbons (Fsp3) is 0.471. The highest BCUT2D eigenvalue weighted by Gasteiger charge is 2.22. The fourth-order valence-electron chi connectivity index (χ4n) is 4.24. The van der Waals surface area contributed by atoms with E-state index in [2.05, 4.69) is 35.9 Å². The van der Waals surface area contributed by atoms with E-state index >= 15 is 0 Å². The maximum atomic E-state index is 12.5. The molecule has 0 radical (unpaired) electrons. The number of carbonyl (C=O) groups excluding carboxylic acids is 5. The van der Waals surface area contributed by atoms with Crippen molar-refractivity contribution in [1.29, 1.82) is 0 Å². The first-order valence-electron chi connectivity index (χ1n) is 17.1. The van der Waals surface area contributed by atoms with Crippen molar-refractivity contribution in [2.45, 2.75) is 66.6 Å². The van der Waals surface area contributed by atoms with Gasteiger partial charge in [-0.15, -0.1) is 12.4 Å². The zero-order valence-electron chi connectivity index (χ0n) is 34.3. The lowest BCUT2D eigenvalue weighted by molar-refractivity contribution is 0.0498. The topological polar surface area (TPSA) is 293 Å². The summed E-state index contributed by atoms with van der Waals surface area (Å²) in [6.45, 7) is 14.4. The number of imidazole rings is 4. The highest BCUT2D eigenvalue weighted by atomic mass is 35.5. The Bertz CT molecular complexity index is 2070. The van der Waals surface area contributed by atoms with Crippen molar-refractivity contribution in [3.05, 3.63) is 48.1 Å². The number of hydrogen-bond acceptors (Lipinski definition) is 15. The Hall–Kier alpha value is -6.65. The van der Waals surface area contributed by atoms with E-state index in [9.17, 15) is 28.8 Å². The number of nitrogens with zero attached hydrogens (tertiary/aromatic N) is 8. The molecular weight excluding hydrogens is 788 g/mol. The molecular formula is C34H51ClN12O11. The van der Waals surface area contributed by atoms with Gasteiger partial charge in [0.25, 0.3) is 5.91 Å². The number of aromatic carboxylic acids is 1. The molecule has 58 heavy (non-hydrogen) atoms. The van der Waals surface area contributed by atoms with Crippen LogP contribution in [0.5, 0.6) is 0 Å². The summed E-state index contributed by atoms with van der Waals surface area (Å²) in [7, 11) is 6.43. The maximum Gasteiger partial charge on any atom is 0.413 e. The Morgan fingerprint density at radius 1 is 0.603 bits per heavy atom. The van der Waals surface area contributed by atoms with Crippen LogP contribution in [-0.2, 0) is 47.1 Å². The second kappa shape index (κ2) is 21.0. The number of carboxylic acid groups (broad SMARTS) is 1. The van der Waals surface area contributed by atoms with Crippen molar-refractivity contribution in [1.82, 2.24) is 38.2 Å². The number of aryl methyl sites for hydroxylation is 4. The Morgan fingerprint density at radius 3 is 1.31 bits per heavy atom. The molecule has 0 aliphatic heterocycles. The summed E-state index contributed by atoms with van der Waals surface area (Å²) in [5, 5.41) is 16.2. The number of nitrogens with one attached hydrogen (secondary N) is 3. The third-order valence-electron chi connectivity index (χ3n) is 6.33. The maximum absolute atomic E-state index is 12.5. The quantitative estimate of drug-likeness (QED) is 0.118. The van der Waals surface area contributed by atoms with Crippen LogP contribution in [-0.4, -0.2) is 104 Å². The predicted molar refractivity (Wildman–Crippen MR) is 211 cm³/mol. The Kier molecular flexibility index (Phi) is 17.9. The van der Waals surface area contributed by atoms with Crippen LogP contribution >= 0.6 is 12.4 Å². The van der Waals surface area contributed by atoms with Crippen molar-refractivity contribution >= 4 is 71.7 Å². The number of anilines is 4. The molecule has 0 atom stereocenters. The summed E-state index contributed by atoms with van der Waals surface area (Å²) in [6, 6.07) is 0. The summed E-state index contributed by atoms with van der Waals surface area (Å²) >= 11 is 0. The lowest BCUT2D eigenvalue weighted by atomic mass is 10.2. The molecule has 4 aromatic heterocycles. The molecule has 0 spiro atoms. The van der Waals surface area contributed by atoms with Gasteiger partial charge in [0.15, 0.2) is 17.5 Å². The number of amides is 3. The minimum Gasteiger partial charge on any atom is -0.475 e. The number of nitrogens with two attached hydrogens (primary N) is 1. The number of ether oxygens (including phenoxy) is 4. The van der Waals surface area contributed by atoms with Gasteiger partial charge in [0.2, 0.25) is 23.3 Å². The van der Waals surface area contributed by atoms with Gasteiger partial charge in [-0.3, -0.25) is 15.4 Å². The number of rotatable bonds is 9. The molecule has 3 amide bonds. The molecule has 0 aliphatic carbocycles. The lowest BCUT2D eigenvalue weighted by Crippen LogP contribution is -2.27. The first-order valence-corrected chi connectivity index (χ1v) is 17.1. The van der Waals surface area contributed by atoms with Gasteiger partial charge < -0.3 is 53.4 Å². The SMILES string of the molecule is CCOC(=O)c1nc(N)cn1C.CCOC(=O)c1nc(NC(=O)c2nc(NC(=O)OC(C)(C)C)cn2C)cn1C.Cl.Cn1cc(NC(=O)OC(C)(C)C)nc1C(=O)O. The summed E-state index contributed by atoms with van der Waals surface area (Å²) < 4.78 is 25.5. The van der Waals surface area contributed by atoms with Gasteiger partial charge >= 0.3 is 30.1 Å². The monoisotopic (exact) mass is 838 g/mol. The van der Waals surface area contributed by atoms with Crippen LogP contribution in [0.15, 0.2) is 24.8 Å². The average molecular weight is 839 g/mol. The van der Waals surface area contributed by atoms with Crippen LogP contribution in [0.3, 0.4) is 0 Å². The van der Waals surface area contributed by atoms with Crippen LogP contribution in [0.4, 0.5) is 32.9 Å². The lowest BCUT2D eigenvalue weighted by Gasteiger charge is -2.19. The van der Waals surface area contributed by atoms with Gasteiger partial charge in [-0.05, 0) is 55.4 Å². The van der Waals surface area contributed by atoms with Crippen LogP contribution in [0.2, 0.25) is 0 Å². The first kappa shape index (κ1) is 49.4. The molecule has 4 heterocycles. The van der Waals surface area contributed by atoms with Gasteiger partial charge in [0, 0.05) is 53.0 Å². The van der Waals surface area contributed by atoms with E-state index in [0.29, 0.717) is 12.4 Å². The predicted octanol–water partition coefficient (Wildman–Crippen LogP) is 4.00. The molecule has 0 saturated carbocycles. The third-order valence-corrected chi connectivity index (χ3v) is 6.33. The molecule has 0 aromatic carbocycles. The van der Waals surface area contributed by atoms with Crippen molar-refractivity contribution in [2.75, 3.05) is 34.9 Å². The molecule has 4 aromatic rings. The molecule has 4 rings (SSSR count). The van der Waals surface area contributed by atoms with Crippen molar-refractivity contribution in [3.63, 3.8) is 0 Å². The standard InChI is InChI=1S/C17H24N6O5.C10H15N3O4.C7H11N3O2.ClH/c1-7-27-15(25)13-19-10(8-23(13)6)20-14(24)12-18-11(9-22(12)5)21-16(26)28-17(2,3)4;1-10(2,3)17-9(16)12-6-5-13(4)7(11-6)8(14)15;1-3-12-7(11)6-9-5(8)4-10(6)2;/h8-9H,7H2,1-6H3,(H,20,24)(H,21,26);5H,1-4H3,(H,12,16)(H,14,15);4H,3,8H2,1-2H3;1H. The number of carbonyl (C=O) groups is 6. The van der Waals surface area contributed by atoms with Gasteiger partial charge in [0.1, 0.15) is 17.0 Å². The number of halogens is 1. The van der Waals surface area contributed by atoms with Gasteiger partial charge in [-0.1, -0.05) is 0 Å². The Morgan fingerprint density at radius 2 is 0.948 bits per heavy atom. The second-order valence-electron chi connectivity index (χ2n) is 13.7. The smallest absolute Gasteiger partial charge is 0.413 e. The Labute approximate surface area is 340 Å². The van der Waals surface area contributed by atoms with E-state index in [0.717, 1.165) is 0 Å². The summed E-state index contributed by atoms with van der Waals surface area (Å²) in [5.74, 6) is -1.81. The molecule has 24 heteroatoms. The minimum atomic E-state index is -1.16. The van der Waals surface area contributed by atoms with Crippen LogP contribution in [0, 0.1) is 0 Å². The van der Waals surface area contributed by atoms with E-state index in [4.69, 9.17) is 29.8 Å². The van der Waals surface area contributed by atoms with Crippen LogP contribution < -0.4 is 21.7 Å². The van der Waals surface area contributed by atoms with Gasteiger partial charge in [-0.25, -0.2) is 43.9 Å².